The van der Waals surface area contributed by atoms with Crippen LogP contribution in [-0.4, -0.2) is 34.8 Å². The first-order valence-corrected chi connectivity index (χ1v) is 12.4. The maximum absolute atomic E-state index is 13.3. The van der Waals surface area contributed by atoms with Crippen molar-refractivity contribution >= 4 is 28.3 Å². The first-order chi connectivity index (χ1) is 17.7. The summed E-state index contributed by atoms with van der Waals surface area (Å²) in [4.78, 5) is 32.6. The lowest BCUT2D eigenvalue weighted by Gasteiger charge is -2.32. The molecule has 3 aromatic carbocycles. The van der Waals surface area contributed by atoms with Crippen molar-refractivity contribution in [1.29, 1.82) is 0 Å². The molecule has 0 saturated carbocycles. The van der Waals surface area contributed by atoms with E-state index in [-0.39, 0.29) is 17.7 Å². The quantitative estimate of drug-likeness (QED) is 0.391. The van der Waals surface area contributed by atoms with Crippen molar-refractivity contribution in [2.24, 2.45) is 5.92 Å². The third-order valence-corrected chi connectivity index (χ3v) is 6.76. The summed E-state index contributed by atoms with van der Waals surface area (Å²) in [7, 11) is 0. The molecular formula is C30H30N4O2. The van der Waals surface area contributed by atoms with Gasteiger partial charge in [-0.3, -0.25) is 19.5 Å². The van der Waals surface area contributed by atoms with E-state index in [0.717, 1.165) is 31.5 Å². The highest BCUT2D eigenvalue weighted by atomic mass is 16.2. The summed E-state index contributed by atoms with van der Waals surface area (Å²) in [5, 5.41) is 8.45. The molecule has 36 heavy (non-hydrogen) atoms. The van der Waals surface area contributed by atoms with Crippen LogP contribution < -0.4 is 10.6 Å². The lowest BCUT2D eigenvalue weighted by molar-refractivity contribution is -0.121. The molecule has 0 radical (unpaired) electrons. The van der Waals surface area contributed by atoms with Gasteiger partial charge in [-0.2, -0.15) is 0 Å². The molecule has 1 aliphatic heterocycles. The first kappa shape index (κ1) is 23.7. The molecule has 0 spiro atoms. The Balaban J connectivity index is 1.23. The van der Waals surface area contributed by atoms with Gasteiger partial charge in [-0.15, -0.1) is 0 Å². The second kappa shape index (κ2) is 11.1. The van der Waals surface area contributed by atoms with Crippen LogP contribution in [0.25, 0.3) is 10.8 Å². The highest BCUT2D eigenvalue weighted by Gasteiger charge is 2.27. The van der Waals surface area contributed by atoms with E-state index in [1.807, 2.05) is 18.2 Å². The lowest BCUT2D eigenvalue weighted by atomic mass is 9.95. The van der Waals surface area contributed by atoms with E-state index in [0.29, 0.717) is 24.3 Å². The number of likely N-dealkylation sites (tertiary alicyclic amines) is 1. The molecule has 2 N–H and O–H groups in total. The molecule has 1 unspecified atom stereocenters. The number of rotatable bonds is 7. The van der Waals surface area contributed by atoms with Crippen molar-refractivity contribution in [2.45, 2.75) is 25.9 Å². The van der Waals surface area contributed by atoms with Gasteiger partial charge in [0, 0.05) is 32.0 Å². The number of benzene rings is 3. The molecule has 1 atom stereocenters. The molecule has 4 aromatic rings. The summed E-state index contributed by atoms with van der Waals surface area (Å²) in [5.74, 6) is -0.388. The highest BCUT2D eigenvalue weighted by Crippen LogP contribution is 2.25. The molecular weight excluding hydrogens is 448 g/mol. The number of aromatic nitrogens is 1. The molecule has 1 aromatic heterocycles. The SMILES string of the molecule is O=C(NCc1cccnc1)c1ccccc1NC(=O)C1CCCN(Cc2cccc3ccccc23)C1. The summed E-state index contributed by atoms with van der Waals surface area (Å²) >= 11 is 0. The zero-order valence-corrected chi connectivity index (χ0v) is 20.2. The number of hydrogen-bond donors (Lipinski definition) is 2. The Kier molecular flexibility index (Phi) is 7.33. The number of piperidine rings is 1. The fourth-order valence-electron chi connectivity index (χ4n) is 4.89. The molecule has 2 amide bonds. The van der Waals surface area contributed by atoms with Gasteiger partial charge >= 0.3 is 0 Å². The Hall–Kier alpha value is -4.03. The van der Waals surface area contributed by atoms with Gasteiger partial charge in [-0.05, 0) is 59.5 Å². The van der Waals surface area contributed by atoms with E-state index >= 15 is 0 Å². The van der Waals surface area contributed by atoms with Crippen LogP contribution in [0.1, 0.15) is 34.3 Å². The number of amides is 2. The third-order valence-electron chi connectivity index (χ3n) is 6.76. The number of nitrogens with zero attached hydrogens (tertiary/aromatic N) is 2. The van der Waals surface area contributed by atoms with Crippen molar-refractivity contribution in [3.63, 3.8) is 0 Å². The van der Waals surface area contributed by atoms with E-state index in [1.54, 1.807) is 30.6 Å². The van der Waals surface area contributed by atoms with Crippen molar-refractivity contribution in [1.82, 2.24) is 15.2 Å². The Morgan fingerprint density at radius 3 is 2.67 bits per heavy atom. The predicted molar refractivity (Wildman–Crippen MR) is 142 cm³/mol. The van der Waals surface area contributed by atoms with Crippen molar-refractivity contribution < 1.29 is 9.59 Å². The van der Waals surface area contributed by atoms with Gasteiger partial charge in [-0.1, -0.05) is 60.7 Å². The molecule has 6 heteroatoms. The first-order valence-electron chi connectivity index (χ1n) is 12.4. The molecule has 0 bridgehead atoms. The molecule has 182 valence electrons. The van der Waals surface area contributed by atoms with Gasteiger partial charge in [0.1, 0.15) is 0 Å². The van der Waals surface area contributed by atoms with Gasteiger partial charge in [0.25, 0.3) is 5.91 Å². The zero-order chi connectivity index (χ0) is 24.7. The van der Waals surface area contributed by atoms with Crippen LogP contribution in [0.15, 0.2) is 91.3 Å². The summed E-state index contributed by atoms with van der Waals surface area (Å²) in [5.41, 5.74) is 3.20. The molecule has 1 aliphatic rings. The van der Waals surface area contributed by atoms with E-state index in [9.17, 15) is 9.59 Å². The summed E-state index contributed by atoms with van der Waals surface area (Å²) < 4.78 is 0. The summed E-state index contributed by atoms with van der Waals surface area (Å²) in [6.45, 7) is 2.87. The fraction of sp³-hybridized carbons (Fsp3) is 0.233. The molecule has 2 heterocycles. The smallest absolute Gasteiger partial charge is 0.253 e. The normalized spacial score (nSPS) is 15.9. The second-order valence-electron chi connectivity index (χ2n) is 9.29. The predicted octanol–water partition coefficient (Wildman–Crippen LogP) is 5.02. The number of carbonyl (C=O) groups excluding carboxylic acids is 2. The number of carbonyl (C=O) groups is 2. The van der Waals surface area contributed by atoms with Crippen LogP contribution in [0.4, 0.5) is 5.69 Å². The van der Waals surface area contributed by atoms with Crippen molar-refractivity contribution in [3.8, 4) is 0 Å². The van der Waals surface area contributed by atoms with E-state index in [2.05, 4.69) is 63.0 Å². The minimum absolute atomic E-state index is 0.0369. The number of anilines is 1. The Morgan fingerprint density at radius 2 is 1.78 bits per heavy atom. The minimum Gasteiger partial charge on any atom is -0.348 e. The van der Waals surface area contributed by atoms with Crippen LogP contribution in [0.3, 0.4) is 0 Å². The monoisotopic (exact) mass is 478 g/mol. The maximum Gasteiger partial charge on any atom is 0.253 e. The van der Waals surface area contributed by atoms with Crippen LogP contribution in [-0.2, 0) is 17.9 Å². The van der Waals surface area contributed by atoms with E-state index in [4.69, 9.17) is 0 Å². The van der Waals surface area contributed by atoms with Gasteiger partial charge in [-0.25, -0.2) is 0 Å². The molecule has 0 aliphatic carbocycles. The number of pyridine rings is 1. The molecule has 5 rings (SSSR count). The van der Waals surface area contributed by atoms with Crippen LogP contribution in [0.5, 0.6) is 0 Å². The molecule has 1 saturated heterocycles. The van der Waals surface area contributed by atoms with Gasteiger partial charge in [0.2, 0.25) is 5.91 Å². The zero-order valence-electron chi connectivity index (χ0n) is 20.2. The van der Waals surface area contributed by atoms with Crippen LogP contribution in [0, 0.1) is 5.92 Å². The highest BCUT2D eigenvalue weighted by molar-refractivity contribution is 6.04. The average Bonchev–Trinajstić information content (AvgIpc) is 2.93. The van der Waals surface area contributed by atoms with Crippen LogP contribution in [0.2, 0.25) is 0 Å². The Bertz CT molecular complexity index is 1350. The largest absolute Gasteiger partial charge is 0.348 e. The van der Waals surface area contributed by atoms with Gasteiger partial charge in [0.05, 0.1) is 17.2 Å². The van der Waals surface area contributed by atoms with E-state index < -0.39 is 0 Å². The number of nitrogens with one attached hydrogen (secondary N) is 2. The molecule has 1 fully saturated rings. The topological polar surface area (TPSA) is 74.3 Å². The lowest BCUT2D eigenvalue weighted by Crippen LogP contribution is -2.40. The van der Waals surface area contributed by atoms with Crippen molar-refractivity contribution in [2.75, 3.05) is 18.4 Å². The van der Waals surface area contributed by atoms with Gasteiger partial charge < -0.3 is 10.6 Å². The maximum atomic E-state index is 13.3. The minimum atomic E-state index is -0.226. The second-order valence-corrected chi connectivity index (χ2v) is 9.29. The summed E-state index contributed by atoms with van der Waals surface area (Å²) in [6.07, 6.45) is 5.23. The van der Waals surface area contributed by atoms with Crippen LogP contribution >= 0.6 is 0 Å². The van der Waals surface area contributed by atoms with Crippen molar-refractivity contribution in [3.05, 3.63) is 108 Å². The third kappa shape index (κ3) is 5.61. The standard InChI is InChI=1S/C30H30N4O2/c35-29(33-28-15-4-3-14-27(28)30(36)32-19-22-8-6-16-31-18-22)25-12-7-17-34(21-25)20-24-11-5-10-23-9-1-2-13-26(23)24/h1-6,8-11,13-16,18,25H,7,12,17,19-21H2,(H,32,36)(H,33,35). The summed E-state index contributed by atoms with van der Waals surface area (Å²) in [6, 6.07) is 25.7. The molecule has 6 nitrogen and oxygen atoms in total. The Labute approximate surface area is 211 Å². The van der Waals surface area contributed by atoms with Gasteiger partial charge in [0.15, 0.2) is 0 Å². The number of para-hydroxylation sites is 1. The number of fused-ring (bicyclic) bond motifs is 1. The Morgan fingerprint density at radius 1 is 0.944 bits per heavy atom. The fourth-order valence-corrected chi connectivity index (χ4v) is 4.89. The average molecular weight is 479 g/mol. The number of hydrogen-bond acceptors (Lipinski definition) is 4. The van der Waals surface area contributed by atoms with E-state index in [1.165, 1.54) is 16.3 Å².